The first-order chi connectivity index (χ1) is 15.1. The zero-order chi connectivity index (χ0) is 21.6. The Kier molecular flexibility index (Phi) is 6.67. The molecule has 0 atom stereocenters. The van der Waals surface area contributed by atoms with E-state index in [0.717, 1.165) is 30.0 Å². The Bertz CT molecular complexity index is 1020. The Morgan fingerprint density at radius 1 is 1.00 bits per heavy atom. The van der Waals surface area contributed by atoms with Crippen molar-refractivity contribution in [1.29, 1.82) is 0 Å². The number of benzene rings is 1. The fourth-order valence-corrected chi connectivity index (χ4v) is 3.69. The highest BCUT2D eigenvalue weighted by Crippen LogP contribution is 2.18. The van der Waals surface area contributed by atoms with E-state index in [9.17, 15) is 4.79 Å². The number of ether oxygens (including phenoxy) is 1. The SMILES string of the molecule is Cc1cccc(CCc2ccc(OC(=O)N3CCN(c4ccc(Cl)cn4)CC3)cc2)n1. The van der Waals surface area contributed by atoms with Crippen molar-refractivity contribution < 1.29 is 9.53 Å². The number of carbonyl (C=O) groups is 1. The van der Waals surface area contributed by atoms with E-state index in [-0.39, 0.29) is 6.09 Å². The van der Waals surface area contributed by atoms with Crippen LogP contribution in [0.25, 0.3) is 0 Å². The van der Waals surface area contributed by atoms with Crippen molar-refractivity contribution in [2.24, 2.45) is 0 Å². The van der Waals surface area contributed by atoms with Crippen molar-refractivity contribution in [2.45, 2.75) is 19.8 Å². The average molecular weight is 437 g/mol. The number of amides is 1. The van der Waals surface area contributed by atoms with E-state index < -0.39 is 0 Å². The minimum Gasteiger partial charge on any atom is -0.410 e. The Labute approximate surface area is 187 Å². The van der Waals surface area contributed by atoms with Crippen molar-refractivity contribution >= 4 is 23.5 Å². The van der Waals surface area contributed by atoms with Gasteiger partial charge < -0.3 is 14.5 Å². The average Bonchev–Trinajstić information content (AvgIpc) is 2.79. The quantitative estimate of drug-likeness (QED) is 0.587. The van der Waals surface area contributed by atoms with Crippen LogP contribution in [0, 0.1) is 6.92 Å². The van der Waals surface area contributed by atoms with E-state index in [2.05, 4.69) is 14.9 Å². The molecule has 0 aliphatic carbocycles. The number of hydrogen-bond acceptors (Lipinski definition) is 5. The van der Waals surface area contributed by atoms with Crippen LogP contribution in [0.5, 0.6) is 5.75 Å². The summed E-state index contributed by atoms with van der Waals surface area (Å²) in [5.74, 6) is 1.43. The molecule has 3 heterocycles. The third-order valence-electron chi connectivity index (χ3n) is 5.32. The molecule has 4 rings (SSSR count). The predicted molar refractivity (Wildman–Crippen MR) is 122 cm³/mol. The first-order valence-corrected chi connectivity index (χ1v) is 10.8. The van der Waals surface area contributed by atoms with E-state index in [1.807, 2.05) is 61.5 Å². The van der Waals surface area contributed by atoms with Gasteiger partial charge in [-0.3, -0.25) is 4.98 Å². The molecule has 1 aliphatic heterocycles. The van der Waals surface area contributed by atoms with Crippen molar-refractivity contribution in [2.75, 3.05) is 31.1 Å². The largest absolute Gasteiger partial charge is 0.415 e. The molecule has 1 aromatic carbocycles. The minimum atomic E-state index is -0.319. The topological polar surface area (TPSA) is 58.6 Å². The van der Waals surface area contributed by atoms with Crippen LogP contribution in [0.2, 0.25) is 5.02 Å². The number of aromatic nitrogens is 2. The molecule has 2 aromatic heterocycles. The molecule has 0 bridgehead atoms. The fraction of sp³-hybridized carbons (Fsp3) is 0.292. The van der Waals surface area contributed by atoms with Crippen LogP contribution in [-0.4, -0.2) is 47.1 Å². The molecule has 31 heavy (non-hydrogen) atoms. The third-order valence-corrected chi connectivity index (χ3v) is 5.54. The zero-order valence-corrected chi connectivity index (χ0v) is 18.3. The number of hydrogen-bond donors (Lipinski definition) is 0. The molecule has 1 saturated heterocycles. The summed E-state index contributed by atoms with van der Waals surface area (Å²) < 4.78 is 5.57. The standard InChI is InChI=1S/C24H25ClN4O2/c1-18-3-2-4-21(27-18)9-5-19-6-10-22(11-7-19)31-24(30)29-15-13-28(14-16-29)23-12-8-20(25)17-26-23/h2-4,6-8,10-12,17H,5,9,13-16H2,1H3. The van der Waals surface area contributed by atoms with Crippen molar-refractivity contribution in [1.82, 2.24) is 14.9 Å². The molecule has 1 aliphatic rings. The van der Waals surface area contributed by atoms with Gasteiger partial charge in [0.05, 0.1) is 5.02 Å². The molecule has 1 fully saturated rings. The fourth-order valence-electron chi connectivity index (χ4n) is 3.57. The summed E-state index contributed by atoms with van der Waals surface area (Å²) in [6.45, 7) is 4.59. The zero-order valence-electron chi connectivity index (χ0n) is 17.5. The minimum absolute atomic E-state index is 0.319. The second kappa shape index (κ2) is 9.79. The van der Waals surface area contributed by atoms with Gasteiger partial charge in [-0.2, -0.15) is 0 Å². The van der Waals surface area contributed by atoms with Gasteiger partial charge in [-0.25, -0.2) is 9.78 Å². The summed E-state index contributed by atoms with van der Waals surface area (Å²) in [5, 5.41) is 0.615. The molecule has 7 heteroatoms. The van der Waals surface area contributed by atoms with Gasteiger partial charge in [0.1, 0.15) is 11.6 Å². The first-order valence-electron chi connectivity index (χ1n) is 10.4. The number of rotatable bonds is 5. The van der Waals surface area contributed by atoms with Gasteiger partial charge in [-0.1, -0.05) is 29.8 Å². The van der Waals surface area contributed by atoms with Gasteiger partial charge in [-0.15, -0.1) is 0 Å². The van der Waals surface area contributed by atoms with Crippen LogP contribution < -0.4 is 9.64 Å². The van der Waals surface area contributed by atoms with E-state index >= 15 is 0 Å². The van der Waals surface area contributed by atoms with Crippen LogP contribution in [0.3, 0.4) is 0 Å². The maximum absolute atomic E-state index is 12.5. The third kappa shape index (κ3) is 5.73. The maximum Gasteiger partial charge on any atom is 0.415 e. The number of carbonyl (C=O) groups excluding carboxylic acids is 1. The molecule has 160 valence electrons. The van der Waals surface area contributed by atoms with Crippen molar-refractivity contribution in [3.63, 3.8) is 0 Å². The predicted octanol–water partition coefficient (Wildman–Crippen LogP) is 4.54. The van der Waals surface area contributed by atoms with Crippen LogP contribution in [-0.2, 0) is 12.8 Å². The highest BCUT2D eigenvalue weighted by atomic mass is 35.5. The summed E-state index contributed by atoms with van der Waals surface area (Å²) in [6, 6.07) is 17.5. The normalized spacial score (nSPS) is 13.9. The molecule has 1 amide bonds. The van der Waals surface area contributed by atoms with Gasteiger partial charge in [0.15, 0.2) is 0 Å². The van der Waals surface area contributed by atoms with Gasteiger partial charge >= 0.3 is 6.09 Å². The van der Waals surface area contributed by atoms with Crippen LogP contribution in [0.1, 0.15) is 17.0 Å². The second-order valence-corrected chi connectivity index (χ2v) is 8.03. The molecule has 3 aromatic rings. The lowest BCUT2D eigenvalue weighted by atomic mass is 10.1. The number of halogens is 1. The molecular formula is C24H25ClN4O2. The Balaban J connectivity index is 1.25. The second-order valence-electron chi connectivity index (χ2n) is 7.59. The first kappa shape index (κ1) is 21.1. The molecular weight excluding hydrogens is 412 g/mol. The van der Waals surface area contributed by atoms with Crippen LogP contribution in [0.4, 0.5) is 10.6 Å². The lowest BCUT2D eigenvalue weighted by Crippen LogP contribution is -2.49. The molecule has 6 nitrogen and oxygen atoms in total. The van der Waals surface area contributed by atoms with E-state index in [1.54, 1.807) is 11.1 Å². The van der Waals surface area contributed by atoms with E-state index in [1.165, 1.54) is 5.56 Å². The van der Waals surface area contributed by atoms with Crippen LogP contribution in [0.15, 0.2) is 60.8 Å². The number of aryl methyl sites for hydroxylation is 3. The molecule has 0 N–H and O–H groups in total. The summed E-state index contributed by atoms with van der Waals surface area (Å²) in [5.41, 5.74) is 3.31. The summed E-state index contributed by atoms with van der Waals surface area (Å²) in [4.78, 5) is 25.3. The smallest absolute Gasteiger partial charge is 0.410 e. The highest BCUT2D eigenvalue weighted by Gasteiger charge is 2.23. The highest BCUT2D eigenvalue weighted by molar-refractivity contribution is 6.30. The van der Waals surface area contributed by atoms with Crippen LogP contribution >= 0.6 is 11.6 Å². The Morgan fingerprint density at radius 3 is 2.45 bits per heavy atom. The molecule has 0 unspecified atom stereocenters. The molecule has 0 radical (unpaired) electrons. The van der Waals surface area contributed by atoms with Crippen molar-refractivity contribution in [3.05, 3.63) is 82.8 Å². The number of anilines is 1. The van der Waals surface area contributed by atoms with Gasteiger partial charge in [-0.05, 0) is 61.7 Å². The molecule has 0 spiro atoms. The van der Waals surface area contributed by atoms with E-state index in [4.69, 9.17) is 16.3 Å². The lowest BCUT2D eigenvalue weighted by Gasteiger charge is -2.34. The number of piperazine rings is 1. The summed E-state index contributed by atoms with van der Waals surface area (Å²) in [7, 11) is 0. The van der Waals surface area contributed by atoms with Crippen molar-refractivity contribution in [3.8, 4) is 5.75 Å². The van der Waals surface area contributed by atoms with Gasteiger partial charge in [0, 0.05) is 43.8 Å². The maximum atomic E-state index is 12.5. The van der Waals surface area contributed by atoms with E-state index in [0.29, 0.717) is 37.0 Å². The van der Waals surface area contributed by atoms with Gasteiger partial charge in [0.25, 0.3) is 0 Å². The summed E-state index contributed by atoms with van der Waals surface area (Å²) >= 11 is 5.90. The summed E-state index contributed by atoms with van der Waals surface area (Å²) in [6.07, 6.45) is 3.10. The Hall–Kier alpha value is -3.12. The lowest BCUT2D eigenvalue weighted by molar-refractivity contribution is 0.149. The number of nitrogens with zero attached hydrogens (tertiary/aromatic N) is 4. The number of pyridine rings is 2. The van der Waals surface area contributed by atoms with Gasteiger partial charge in [0.2, 0.25) is 0 Å². The monoisotopic (exact) mass is 436 g/mol. The molecule has 0 saturated carbocycles. The Morgan fingerprint density at radius 2 is 1.77 bits per heavy atom.